The minimum absolute atomic E-state index is 0.563. The van der Waals surface area contributed by atoms with Gasteiger partial charge in [-0.3, -0.25) is 0 Å². The van der Waals surface area contributed by atoms with E-state index in [9.17, 15) is 0 Å². The van der Waals surface area contributed by atoms with Crippen LogP contribution in [-0.4, -0.2) is 130 Å². The number of hydrogen-bond acceptors (Lipinski definition) is 13. The first kappa shape index (κ1) is 61.5. The highest BCUT2D eigenvalue weighted by Gasteiger charge is 2.59. The Hall–Kier alpha value is 2.60. The van der Waals surface area contributed by atoms with Gasteiger partial charge in [0.2, 0.25) is 0 Å². The van der Waals surface area contributed by atoms with Gasteiger partial charge in [-0.2, -0.15) is 97.6 Å². The summed E-state index contributed by atoms with van der Waals surface area (Å²) >= 11 is 27.9. The molecule has 0 heterocycles. The van der Waals surface area contributed by atoms with Crippen molar-refractivity contribution in [2.45, 2.75) is 223 Å². The highest BCUT2D eigenvalue weighted by atomic mass is 32.2. The SMILES string of the molecule is CC(SCCCOC1CC2CC1C1CC(S)CC21)C1CC2CC(SCCCOC3CC4CC3C3CC(S)CC43)C1C2.SC1CC2C3CC(OCCCSCCCOCCCSCCCOC4CC5CC4C4CC(S)CC54)C(C3)C2C1. The molecule has 0 saturated heterocycles. The van der Waals surface area contributed by atoms with Crippen molar-refractivity contribution in [2.75, 3.05) is 74.2 Å². The molecule has 29 unspecified atom stereocenters. The molecule has 10 bridgehead atoms. The second kappa shape index (κ2) is 28.8. The molecule has 29 atom stereocenters. The summed E-state index contributed by atoms with van der Waals surface area (Å²) in [5.41, 5.74) is 0. The van der Waals surface area contributed by atoms with Crippen LogP contribution >= 0.6 is 97.6 Å². The molecule has 0 aromatic rings. The average molecular weight is 1250 g/mol. The zero-order valence-corrected chi connectivity index (χ0v) is 56.2. The van der Waals surface area contributed by atoms with E-state index in [1.807, 2.05) is 0 Å². The minimum atomic E-state index is 0.563. The molecule has 14 aliphatic rings. The molecular weight excluding hydrogens is 1140 g/mol. The van der Waals surface area contributed by atoms with E-state index >= 15 is 0 Å². The highest BCUT2D eigenvalue weighted by molar-refractivity contribution is 8.00. The van der Waals surface area contributed by atoms with Crippen LogP contribution in [0.4, 0.5) is 0 Å². The Kier molecular flexibility index (Phi) is 22.1. The molecule has 0 radical (unpaired) electrons. The van der Waals surface area contributed by atoms with Crippen molar-refractivity contribution in [3.05, 3.63) is 0 Å². The molecule has 0 amide bonds. The number of thiol groups is 4. The molecule has 14 rings (SSSR count). The molecule has 14 saturated carbocycles. The molecule has 0 N–H and O–H groups in total. The van der Waals surface area contributed by atoms with Gasteiger partial charge in [-0.25, -0.2) is 0 Å². The van der Waals surface area contributed by atoms with Crippen molar-refractivity contribution in [3.63, 3.8) is 0 Å². The van der Waals surface area contributed by atoms with E-state index in [0.717, 1.165) is 163 Å². The molecule has 0 spiro atoms. The molecule has 0 aliphatic heterocycles. The van der Waals surface area contributed by atoms with Crippen LogP contribution in [-0.2, 0) is 23.7 Å². The van der Waals surface area contributed by atoms with Gasteiger partial charge in [0.15, 0.2) is 0 Å². The Morgan fingerprint density at radius 1 is 0.338 bits per heavy atom. The number of hydrogen-bond donors (Lipinski definition) is 4. The van der Waals surface area contributed by atoms with Crippen LogP contribution in [0, 0.1) is 112 Å². The van der Waals surface area contributed by atoms with Crippen molar-refractivity contribution in [1.29, 1.82) is 0 Å². The maximum absolute atomic E-state index is 6.54. The summed E-state index contributed by atoms with van der Waals surface area (Å²) in [7, 11) is 0. The van der Waals surface area contributed by atoms with Gasteiger partial charge in [0.25, 0.3) is 0 Å². The Bertz CT molecular complexity index is 1880. The predicted octanol–water partition coefficient (Wildman–Crippen LogP) is 16.1. The second-order valence-electron chi connectivity index (χ2n) is 29.9. The van der Waals surface area contributed by atoms with Gasteiger partial charge in [-0.15, -0.1) is 0 Å². The third kappa shape index (κ3) is 14.1. The van der Waals surface area contributed by atoms with Crippen LogP contribution in [0.2, 0.25) is 0 Å². The molecule has 13 heteroatoms. The molecule has 0 aromatic heterocycles. The lowest BCUT2D eigenvalue weighted by Gasteiger charge is -2.33. The minimum Gasteiger partial charge on any atom is -0.381 e. The topological polar surface area (TPSA) is 46.2 Å². The lowest BCUT2D eigenvalue weighted by atomic mass is 9.80. The van der Waals surface area contributed by atoms with E-state index in [1.54, 1.807) is 0 Å². The fraction of sp³-hybridized carbons (Fsp3) is 1.00. The van der Waals surface area contributed by atoms with Gasteiger partial charge < -0.3 is 23.7 Å². The fourth-order valence-electron chi connectivity index (χ4n) is 22.6. The maximum atomic E-state index is 6.54. The maximum Gasteiger partial charge on any atom is 0.0608 e. The van der Waals surface area contributed by atoms with E-state index in [0.29, 0.717) is 45.4 Å². The summed E-state index contributed by atoms with van der Waals surface area (Å²) < 4.78 is 31.7. The van der Waals surface area contributed by atoms with E-state index < -0.39 is 0 Å². The lowest BCUT2D eigenvalue weighted by molar-refractivity contribution is -0.00964. The summed E-state index contributed by atoms with van der Waals surface area (Å²) in [4.78, 5) is 0. The highest BCUT2D eigenvalue weighted by Crippen LogP contribution is 2.64. The number of ether oxygens (including phenoxy) is 5. The van der Waals surface area contributed by atoms with Crippen LogP contribution in [0.1, 0.15) is 167 Å². The summed E-state index contributed by atoms with van der Waals surface area (Å²) in [6, 6.07) is 0. The van der Waals surface area contributed by atoms with E-state index in [-0.39, 0.29) is 0 Å². The smallest absolute Gasteiger partial charge is 0.0608 e. The molecule has 80 heavy (non-hydrogen) atoms. The predicted molar refractivity (Wildman–Crippen MR) is 355 cm³/mol. The molecule has 5 nitrogen and oxygen atoms in total. The molecule has 14 aliphatic carbocycles. The standard InChI is InChI=1S/C35H56O2S4.C32H54O3S4/c1-19(40-6-2-4-36-33-13-21-11-30(33)28-17-23(38)15-26(21)28)25-8-20-9-32(25)35(10-20)41-7-3-5-37-34-14-22-12-31(34)29-18-24(39)16-27(22)29;36-23-17-25-21-13-29(27(25)19-23)31(15-21)34-7-3-11-38-9-1-5-33-6-2-10-39-12-4-8-35-32-16-22-14-30(32)28-20-24(37)18-26(22)28/h19-35,38-39H,2-18H2,1H3;21-32,36-37H,1-20H2. The lowest BCUT2D eigenvalue weighted by Crippen LogP contribution is -2.31. The zero-order chi connectivity index (χ0) is 54.3. The normalized spacial score (nSPS) is 48.4. The molecule has 0 aromatic carbocycles. The third-order valence-corrected chi connectivity index (χ3v) is 32.5. The quantitative estimate of drug-likeness (QED) is 0.0402. The van der Waals surface area contributed by atoms with Crippen LogP contribution in [0.5, 0.6) is 0 Å². The van der Waals surface area contributed by atoms with Gasteiger partial charge >= 0.3 is 0 Å². The van der Waals surface area contributed by atoms with Crippen molar-refractivity contribution < 1.29 is 23.7 Å². The number of rotatable bonds is 31. The Labute approximate surface area is 526 Å². The van der Waals surface area contributed by atoms with Crippen LogP contribution in [0.25, 0.3) is 0 Å². The van der Waals surface area contributed by atoms with Gasteiger partial charge in [0.1, 0.15) is 0 Å². The van der Waals surface area contributed by atoms with Crippen molar-refractivity contribution >= 4 is 97.6 Å². The second-order valence-corrected chi connectivity index (χ2v) is 38.1. The first-order valence-corrected chi connectivity index (χ1v) is 40.8. The summed E-state index contributed by atoms with van der Waals surface area (Å²) in [6.45, 7) is 8.30. The van der Waals surface area contributed by atoms with Gasteiger partial charge in [-0.1, -0.05) is 6.92 Å². The molecular formula is C67H110O5S8. The number of thioether (sulfide) groups is 4. The van der Waals surface area contributed by atoms with Crippen molar-refractivity contribution in [2.24, 2.45) is 112 Å². The van der Waals surface area contributed by atoms with E-state index in [1.165, 1.54) is 195 Å². The van der Waals surface area contributed by atoms with Crippen molar-refractivity contribution in [1.82, 2.24) is 0 Å². The van der Waals surface area contributed by atoms with Crippen LogP contribution < -0.4 is 0 Å². The first-order valence-electron chi connectivity index (χ1n) is 34.3. The van der Waals surface area contributed by atoms with Gasteiger partial charge in [-0.05, 0) is 307 Å². The van der Waals surface area contributed by atoms with E-state index in [4.69, 9.17) is 74.2 Å². The number of fused-ring (bicyclic) bond motifs is 22. The van der Waals surface area contributed by atoms with Crippen LogP contribution in [0.3, 0.4) is 0 Å². The average Bonchev–Trinajstić information content (AvgIpc) is 4.41. The monoisotopic (exact) mass is 1250 g/mol. The van der Waals surface area contributed by atoms with Crippen LogP contribution in [0.15, 0.2) is 0 Å². The Morgan fingerprint density at radius 2 is 0.688 bits per heavy atom. The third-order valence-electron chi connectivity index (χ3n) is 25.6. The van der Waals surface area contributed by atoms with Gasteiger partial charge in [0, 0.05) is 71.1 Å². The molecule has 14 fully saturated rings. The van der Waals surface area contributed by atoms with E-state index in [2.05, 4.69) is 54.0 Å². The molecule has 456 valence electrons. The summed E-state index contributed by atoms with van der Waals surface area (Å²) in [5, 5.41) is 4.41. The Morgan fingerprint density at radius 3 is 1.07 bits per heavy atom. The first-order chi connectivity index (χ1) is 39.2. The van der Waals surface area contributed by atoms with Gasteiger partial charge in [0.05, 0.1) is 24.4 Å². The summed E-state index contributed by atoms with van der Waals surface area (Å²) in [6.07, 6.45) is 36.2. The fourth-order valence-corrected chi connectivity index (χ4v) is 29.0. The zero-order valence-electron chi connectivity index (χ0n) is 49.4. The Balaban J connectivity index is 0.000000151. The van der Waals surface area contributed by atoms with Crippen molar-refractivity contribution in [3.8, 4) is 0 Å². The largest absolute Gasteiger partial charge is 0.381 e. The summed E-state index contributed by atoms with van der Waals surface area (Å²) in [5.74, 6) is 25.4.